The van der Waals surface area contributed by atoms with Gasteiger partial charge in [0.1, 0.15) is 0 Å². The fourth-order valence-corrected chi connectivity index (χ4v) is 0.780. The van der Waals surface area contributed by atoms with Crippen LogP contribution in [0.4, 0.5) is 0 Å². The minimum atomic E-state index is 0. The summed E-state index contributed by atoms with van der Waals surface area (Å²) in [6.07, 6.45) is 7.98. The van der Waals surface area contributed by atoms with Gasteiger partial charge in [0.25, 0.3) is 0 Å². The fourth-order valence-electron chi connectivity index (χ4n) is 0.780. The molecule has 1 heteroatoms. The van der Waals surface area contributed by atoms with Crippen molar-refractivity contribution in [1.29, 1.82) is 0 Å². The Kier molecular flexibility index (Phi) is 16.0. The molecule has 0 saturated carbocycles. The van der Waals surface area contributed by atoms with Crippen LogP contribution >= 0.6 is 0 Å². The van der Waals surface area contributed by atoms with E-state index in [1.165, 1.54) is 32.1 Å². The van der Waals surface area contributed by atoms with Crippen LogP contribution in [0.2, 0.25) is 0 Å². The normalized spacial score (nSPS) is 8.67. The Bertz CT molecular complexity index is 39.3. The van der Waals surface area contributed by atoms with Crippen molar-refractivity contribution in [3.05, 3.63) is 6.92 Å². The topological polar surface area (TPSA) is 0 Å². The van der Waals surface area contributed by atoms with Crippen LogP contribution in [0, 0.1) is 6.92 Å². The first-order valence-corrected chi connectivity index (χ1v) is 3.71. The monoisotopic (exact) mass is 239 g/mol. The summed E-state index contributed by atoms with van der Waals surface area (Å²) in [4.78, 5) is 0. The molecular formula is C8H23Sn. The van der Waals surface area contributed by atoms with E-state index in [2.05, 4.69) is 13.8 Å². The zero-order valence-electron chi connectivity index (χ0n) is 6.45. The van der Waals surface area contributed by atoms with Gasteiger partial charge in [-0.15, -0.1) is 0 Å². The van der Waals surface area contributed by atoms with Crippen LogP contribution in [0.5, 0.6) is 0 Å². The smallest absolute Gasteiger partial charge is 0 e. The molecule has 0 aliphatic heterocycles. The van der Waals surface area contributed by atoms with Crippen molar-refractivity contribution in [1.82, 2.24) is 0 Å². The predicted octanol–water partition coefficient (Wildman–Crippen LogP) is 3.54. The maximum atomic E-state index is 3.78. The molecule has 0 aliphatic carbocycles. The summed E-state index contributed by atoms with van der Waals surface area (Å²) in [6.45, 7) is 6.02. The molecule has 0 amide bonds. The maximum Gasteiger partial charge on any atom is 0 e. The molecule has 0 bridgehead atoms. The van der Waals surface area contributed by atoms with Gasteiger partial charge < -0.3 is 0 Å². The Labute approximate surface area is 80.8 Å². The molecule has 5 radical (unpaired) electrons. The van der Waals surface area contributed by atoms with E-state index in [4.69, 9.17) is 0 Å². The average Bonchev–Trinajstić information content (AvgIpc) is 1.81. The van der Waals surface area contributed by atoms with Crippen LogP contribution in [0.1, 0.15) is 49.7 Å². The molecule has 0 aromatic carbocycles. The van der Waals surface area contributed by atoms with E-state index in [1.807, 2.05) is 0 Å². The number of hydrogen-bond donors (Lipinski definition) is 0. The summed E-state index contributed by atoms with van der Waals surface area (Å²) in [5.41, 5.74) is 0. The predicted molar refractivity (Wildman–Crippen MR) is 50.8 cm³/mol. The molecule has 0 atom stereocenters. The largest absolute Gasteiger partial charge is 0.0654 e. The van der Waals surface area contributed by atoms with Crippen molar-refractivity contribution >= 4 is 23.9 Å². The van der Waals surface area contributed by atoms with Crippen molar-refractivity contribution in [3.8, 4) is 0 Å². The van der Waals surface area contributed by atoms with Gasteiger partial charge in [0.15, 0.2) is 0 Å². The zero-order valence-corrected chi connectivity index (χ0v) is 9.30. The van der Waals surface area contributed by atoms with E-state index in [0.717, 1.165) is 6.42 Å². The third-order valence-corrected chi connectivity index (χ3v) is 1.35. The van der Waals surface area contributed by atoms with E-state index in [0.29, 0.717) is 0 Å². The second-order valence-electron chi connectivity index (χ2n) is 2.27. The molecule has 9 heavy (non-hydrogen) atoms. The molecule has 0 N–H and O–H groups in total. The van der Waals surface area contributed by atoms with Gasteiger partial charge in [0, 0.05) is 28.2 Å². The van der Waals surface area contributed by atoms with Crippen molar-refractivity contribution in [2.24, 2.45) is 0 Å². The van der Waals surface area contributed by atoms with E-state index in [-0.39, 0.29) is 28.2 Å². The molecule has 0 spiro atoms. The minimum absolute atomic E-state index is 0. The molecule has 0 saturated heterocycles. The molecule has 0 aliphatic rings. The Morgan fingerprint density at radius 2 is 1.67 bits per heavy atom. The molecule has 0 unspecified atom stereocenters. The number of unbranched alkanes of at least 4 members (excludes halogenated alkanes) is 5. The Morgan fingerprint density at radius 1 is 1.11 bits per heavy atom. The molecule has 0 fully saturated rings. The van der Waals surface area contributed by atoms with Crippen LogP contribution in [-0.2, 0) is 0 Å². The Balaban J connectivity index is -0.0000000408. The van der Waals surface area contributed by atoms with E-state index < -0.39 is 0 Å². The van der Waals surface area contributed by atoms with Crippen LogP contribution in [0.3, 0.4) is 0 Å². The summed E-state index contributed by atoms with van der Waals surface area (Å²) in [7, 11) is 0. The third-order valence-electron chi connectivity index (χ3n) is 1.35. The van der Waals surface area contributed by atoms with Crippen molar-refractivity contribution in [2.45, 2.75) is 45.4 Å². The molecule has 59 valence electrons. The summed E-state index contributed by atoms with van der Waals surface area (Å²) in [6, 6.07) is 0. The number of hydrogen-bond acceptors (Lipinski definition) is 0. The fraction of sp³-hybridized carbons (Fsp3) is 0.875. The summed E-state index contributed by atoms with van der Waals surface area (Å²) < 4.78 is 0. The van der Waals surface area contributed by atoms with Gasteiger partial charge in [0.05, 0.1) is 0 Å². The van der Waals surface area contributed by atoms with E-state index in [1.54, 1.807) is 0 Å². The standard InChI is InChI=1S/C8H17.Sn.3H2/c1-3-5-7-8-6-4-2;;;;/h1,3-8H2,2H3;;3*1H. The summed E-state index contributed by atoms with van der Waals surface area (Å²) in [5.74, 6) is 0. The minimum Gasteiger partial charge on any atom is -0.0654 e. The quantitative estimate of drug-likeness (QED) is 0.507. The molecule has 0 aromatic rings. The second-order valence-corrected chi connectivity index (χ2v) is 2.27. The van der Waals surface area contributed by atoms with Crippen molar-refractivity contribution in [2.75, 3.05) is 0 Å². The van der Waals surface area contributed by atoms with Gasteiger partial charge in [-0.05, 0) is 0 Å². The van der Waals surface area contributed by atoms with Gasteiger partial charge in [-0.1, -0.05) is 52.4 Å². The average molecular weight is 238 g/mol. The molecule has 0 nitrogen and oxygen atoms in total. The first-order valence-electron chi connectivity index (χ1n) is 3.71. The molecule has 0 aromatic heterocycles. The van der Waals surface area contributed by atoms with Crippen molar-refractivity contribution in [3.63, 3.8) is 0 Å². The van der Waals surface area contributed by atoms with Gasteiger partial charge in [-0.2, -0.15) is 0 Å². The maximum absolute atomic E-state index is 3.78. The van der Waals surface area contributed by atoms with Gasteiger partial charge in [-0.25, -0.2) is 0 Å². The Morgan fingerprint density at radius 3 is 2.11 bits per heavy atom. The summed E-state index contributed by atoms with van der Waals surface area (Å²) >= 11 is 0. The SMILES string of the molecule is [CH2]CCCCCCC.[HH].[HH].[HH].[Sn]. The molecule has 0 rings (SSSR count). The number of rotatable bonds is 5. The molecular weight excluding hydrogens is 215 g/mol. The summed E-state index contributed by atoms with van der Waals surface area (Å²) in [5, 5.41) is 0. The van der Waals surface area contributed by atoms with Crippen LogP contribution < -0.4 is 0 Å². The van der Waals surface area contributed by atoms with Crippen molar-refractivity contribution < 1.29 is 4.28 Å². The second kappa shape index (κ2) is 11.6. The van der Waals surface area contributed by atoms with Gasteiger partial charge >= 0.3 is 0 Å². The van der Waals surface area contributed by atoms with Gasteiger partial charge in [0.2, 0.25) is 0 Å². The van der Waals surface area contributed by atoms with Gasteiger partial charge in [-0.3, -0.25) is 0 Å². The van der Waals surface area contributed by atoms with Crippen LogP contribution in [0.15, 0.2) is 0 Å². The van der Waals surface area contributed by atoms with E-state index in [9.17, 15) is 0 Å². The van der Waals surface area contributed by atoms with Crippen LogP contribution in [-0.4, -0.2) is 23.9 Å². The zero-order chi connectivity index (χ0) is 6.24. The first kappa shape index (κ1) is 12.5. The van der Waals surface area contributed by atoms with E-state index >= 15 is 0 Å². The Hall–Kier alpha value is 0.799. The third kappa shape index (κ3) is 12.1. The molecule has 0 heterocycles. The van der Waals surface area contributed by atoms with Crippen LogP contribution in [0.25, 0.3) is 0 Å². The first-order chi connectivity index (χ1) is 3.91.